The first-order valence-electron chi connectivity index (χ1n) is 12.1. The van der Waals surface area contributed by atoms with Gasteiger partial charge in [-0.1, -0.05) is 12.1 Å². The third-order valence-electron chi connectivity index (χ3n) is 6.89. The molecule has 0 aliphatic carbocycles. The highest BCUT2D eigenvalue weighted by Crippen LogP contribution is 2.41. The van der Waals surface area contributed by atoms with E-state index in [1.807, 2.05) is 0 Å². The number of nitrogens with one attached hydrogen (secondary N) is 1. The monoisotopic (exact) mass is 548 g/mol. The Bertz CT molecular complexity index is 1090. The molecule has 0 spiro atoms. The second-order valence-corrected chi connectivity index (χ2v) is 9.50. The van der Waals surface area contributed by atoms with Gasteiger partial charge in [0.15, 0.2) is 6.29 Å². The molecule has 2 saturated heterocycles. The highest BCUT2D eigenvalue weighted by molar-refractivity contribution is 5.79. The molecule has 0 aromatic heterocycles. The van der Waals surface area contributed by atoms with E-state index in [1.165, 1.54) is 31.2 Å². The minimum Gasteiger partial charge on any atom is -0.352 e. The van der Waals surface area contributed by atoms with Gasteiger partial charge < -0.3 is 19.7 Å². The molecular weight excluding hydrogens is 521 g/mol. The van der Waals surface area contributed by atoms with Crippen molar-refractivity contribution in [3.05, 3.63) is 70.5 Å². The van der Waals surface area contributed by atoms with Crippen LogP contribution in [0.2, 0.25) is 0 Å². The van der Waals surface area contributed by atoms with Crippen molar-refractivity contribution in [3.8, 4) is 0 Å². The van der Waals surface area contributed by atoms with Gasteiger partial charge in [0, 0.05) is 25.6 Å². The maximum atomic E-state index is 13.7. The number of piperazine rings is 1. The Labute approximate surface area is 214 Å². The summed E-state index contributed by atoms with van der Waals surface area (Å²) >= 11 is 0. The Morgan fingerprint density at radius 2 is 1.68 bits per heavy atom. The van der Waals surface area contributed by atoms with Crippen LogP contribution in [0.4, 0.5) is 30.7 Å². The normalized spacial score (nSPS) is 23.9. The third-order valence-corrected chi connectivity index (χ3v) is 6.89. The number of carbonyl (C=O) groups is 1. The summed E-state index contributed by atoms with van der Waals surface area (Å²) in [6.07, 6.45) is -11.7. The predicted octanol–water partition coefficient (Wildman–Crippen LogP) is 5.52. The molecule has 0 saturated carbocycles. The average molecular weight is 548 g/mol. The zero-order valence-electron chi connectivity index (χ0n) is 20.4. The van der Waals surface area contributed by atoms with Crippen LogP contribution in [0.1, 0.15) is 47.6 Å². The number of carbonyl (C=O) groups excluding carboxylic acids is 1. The van der Waals surface area contributed by atoms with Gasteiger partial charge in [-0.2, -0.15) is 26.3 Å². The lowest BCUT2D eigenvalue weighted by molar-refractivity contribution is -0.210. The Morgan fingerprint density at radius 1 is 1.05 bits per heavy atom. The topological polar surface area (TPSA) is 50.8 Å². The number of nitrogens with zero attached hydrogens (tertiary/aromatic N) is 1. The van der Waals surface area contributed by atoms with Crippen molar-refractivity contribution in [2.24, 2.45) is 5.92 Å². The predicted molar refractivity (Wildman–Crippen MR) is 122 cm³/mol. The van der Waals surface area contributed by atoms with Crippen LogP contribution >= 0.6 is 0 Å². The lowest BCUT2D eigenvalue weighted by Gasteiger charge is -2.42. The Morgan fingerprint density at radius 3 is 2.26 bits per heavy atom. The summed E-state index contributed by atoms with van der Waals surface area (Å²) in [5, 5.41) is 2.99. The molecule has 5 nitrogen and oxygen atoms in total. The fraction of sp³-hybridized carbons (Fsp3) is 0.500. The molecular formula is C26H27F7N2O3. The highest BCUT2D eigenvalue weighted by atomic mass is 19.4. The first kappa shape index (κ1) is 28.3. The van der Waals surface area contributed by atoms with Crippen LogP contribution in [0.5, 0.6) is 0 Å². The molecule has 38 heavy (non-hydrogen) atoms. The minimum absolute atomic E-state index is 0.0646. The molecule has 1 amide bonds. The number of amides is 1. The summed E-state index contributed by atoms with van der Waals surface area (Å²) in [5.74, 6) is -1.33. The fourth-order valence-electron chi connectivity index (χ4n) is 4.90. The van der Waals surface area contributed by atoms with Crippen LogP contribution in [-0.2, 0) is 26.6 Å². The van der Waals surface area contributed by atoms with Gasteiger partial charge in [0.05, 0.1) is 30.4 Å². The van der Waals surface area contributed by atoms with E-state index in [0.29, 0.717) is 43.8 Å². The molecule has 1 N–H and O–H groups in total. The first-order chi connectivity index (χ1) is 17.8. The van der Waals surface area contributed by atoms with E-state index in [0.717, 1.165) is 0 Å². The lowest BCUT2D eigenvalue weighted by Crippen LogP contribution is -2.51. The van der Waals surface area contributed by atoms with Gasteiger partial charge in [-0.25, -0.2) is 4.39 Å². The second-order valence-electron chi connectivity index (χ2n) is 9.50. The third kappa shape index (κ3) is 6.65. The van der Waals surface area contributed by atoms with E-state index >= 15 is 0 Å². The van der Waals surface area contributed by atoms with Crippen LogP contribution in [0.25, 0.3) is 0 Å². The van der Waals surface area contributed by atoms with E-state index < -0.39 is 47.6 Å². The molecule has 12 heteroatoms. The molecule has 2 aromatic carbocycles. The van der Waals surface area contributed by atoms with Gasteiger partial charge in [-0.15, -0.1) is 0 Å². The average Bonchev–Trinajstić information content (AvgIpc) is 2.85. The summed E-state index contributed by atoms with van der Waals surface area (Å²) in [7, 11) is 0. The van der Waals surface area contributed by atoms with Crippen molar-refractivity contribution in [1.82, 2.24) is 10.2 Å². The van der Waals surface area contributed by atoms with E-state index in [-0.39, 0.29) is 36.6 Å². The molecule has 208 valence electrons. The van der Waals surface area contributed by atoms with Crippen LogP contribution < -0.4 is 5.32 Å². The summed E-state index contributed by atoms with van der Waals surface area (Å²) in [5.41, 5.74) is -2.57. The molecule has 2 fully saturated rings. The lowest BCUT2D eigenvalue weighted by atomic mass is 9.81. The zero-order valence-corrected chi connectivity index (χ0v) is 20.4. The van der Waals surface area contributed by atoms with Crippen LogP contribution in [-0.4, -0.2) is 49.9 Å². The van der Waals surface area contributed by atoms with E-state index in [1.54, 1.807) is 4.90 Å². The van der Waals surface area contributed by atoms with Gasteiger partial charge >= 0.3 is 12.4 Å². The quantitative estimate of drug-likeness (QED) is 0.484. The van der Waals surface area contributed by atoms with E-state index in [4.69, 9.17) is 9.47 Å². The SMILES string of the molecule is CC(OC1OCCC(CN2CCNCC2=O)C1c1ccc(F)cc1)c1cc(C(F)(F)F)cc(C(F)(F)F)c1. The number of hydrogen-bond acceptors (Lipinski definition) is 4. The Balaban J connectivity index is 1.64. The van der Waals surface area contributed by atoms with Crippen molar-refractivity contribution < 1.29 is 45.0 Å². The maximum absolute atomic E-state index is 13.7. The van der Waals surface area contributed by atoms with Crippen LogP contribution in [0.15, 0.2) is 42.5 Å². The van der Waals surface area contributed by atoms with Crippen molar-refractivity contribution in [2.75, 3.05) is 32.8 Å². The summed E-state index contributed by atoms with van der Waals surface area (Å²) in [6, 6.07) is 6.90. The number of hydrogen-bond donors (Lipinski definition) is 1. The van der Waals surface area contributed by atoms with Crippen molar-refractivity contribution >= 4 is 5.91 Å². The van der Waals surface area contributed by atoms with Gasteiger partial charge in [-0.05, 0) is 60.7 Å². The highest BCUT2D eigenvalue weighted by Gasteiger charge is 2.41. The maximum Gasteiger partial charge on any atom is 0.416 e. The van der Waals surface area contributed by atoms with Crippen molar-refractivity contribution in [1.29, 1.82) is 0 Å². The van der Waals surface area contributed by atoms with Crippen molar-refractivity contribution in [2.45, 2.75) is 44.0 Å². The number of halogens is 7. The van der Waals surface area contributed by atoms with Crippen LogP contribution in [0, 0.1) is 11.7 Å². The summed E-state index contributed by atoms with van der Waals surface area (Å²) in [6.45, 7) is 3.20. The molecule has 0 bridgehead atoms. The minimum atomic E-state index is -4.99. The number of ether oxygens (including phenoxy) is 2. The number of rotatable bonds is 6. The fourth-order valence-corrected chi connectivity index (χ4v) is 4.90. The van der Waals surface area contributed by atoms with Gasteiger partial charge in [0.2, 0.25) is 5.91 Å². The van der Waals surface area contributed by atoms with Gasteiger partial charge in [0.1, 0.15) is 5.82 Å². The molecule has 0 radical (unpaired) electrons. The molecule has 4 unspecified atom stereocenters. The second kappa shape index (κ2) is 11.2. The van der Waals surface area contributed by atoms with Gasteiger partial charge in [0.25, 0.3) is 0 Å². The molecule has 2 aliphatic heterocycles. The largest absolute Gasteiger partial charge is 0.416 e. The first-order valence-corrected chi connectivity index (χ1v) is 12.1. The Hall–Kier alpha value is -2.70. The van der Waals surface area contributed by atoms with E-state index in [2.05, 4.69) is 5.32 Å². The van der Waals surface area contributed by atoms with E-state index in [9.17, 15) is 35.5 Å². The smallest absolute Gasteiger partial charge is 0.352 e. The summed E-state index contributed by atoms with van der Waals surface area (Å²) < 4.78 is 106. The molecule has 2 aromatic rings. The number of benzene rings is 2. The molecule has 2 aliphatic rings. The molecule has 4 atom stereocenters. The van der Waals surface area contributed by atoms with Crippen molar-refractivity contribution in [3.63, 3.8) is 0 Å². The van der Waals surface area contributed by atoms with Crippen LogP contribution in [0.3, 0.4) is 0 Å². The zero-order chi connectivity index (χ0) is 27.7. The Kier molecular flexibility index (Phi) is 8.34. The van der Waals surface area contributed by atoms with Gasteiger partial charge in [-0.3, -0.25) is 4.79 Å². The summed E-state index contributed by atoms with van der Waals surface area (Å²) in [4.78, 5) is 14.1. The molecule has 4 rings (SSSR count). The number of alkyl halides is 6. The molecule has 2 heterocycles. The standard InChI is InChI=1S/C26H27F7N2O3/c1-15(18-10-19(25(28,29)30)12-20(11-18)26(31,32)33)38-24-23(16-2-4-21(27)5-3-16)17(6-9-37-24)14-35-8-7-34-13-22(35)36/h2-5,10-12,15,17,23-24,34H,6-9,13-14H2,1H3.